The molecule has 0 spiro atoms. The predicted octanol–water partition coefficient (Wildman–Crippen LogP) is 3.99. The second-order valence-corrected chi connectivity index (χ2v) is 8.34. The number of hydrogen-bond acceptors (Lipinski definition) is 4. The average molecular weight is 435 g/mol. The van der Waals surface area contributed by atoms with Gasteiger partial charge >= 0.3 is 0 Å². The fraction of sp³-hybridized carbons (Fsp3) is 0.435. The van der Waals surface area contributed by atoms with Gasteiger partial charge in [0.1, 0.15) is 17.4 Å². The Morgan fingerprint density at radius 3 is 2.60 bits per heavy atom. The van der Waals surface area contributed by atoms with E-state index >= 15 is 0 Å². The van der Waals surface area contributed by atoms with E-state index in [0.29, 0.717) is 18.7 Å². The van der Waals surface area contributed by atoms with Gasteiger partial charge in [-0.3, -0.25) is 4.79 Å². The summed E-state index contributed by atoms with van der Waals surface area (Å²) in [4.78, 5) is 11.7. The van der Waals surface area contributed by atoms with E-state index in [-0.39, 0.29) is 29.7 Å². The molecule has 0 bridgehead atoms. The first-order valence-electron chi connectivity index (χ1n) is 10.2. The van der Waals surface area contributed by atoms with Crippen LogP contribution in [-0.2, 0) is 17.6 Å². The Balaban J connectivity index is 1.69. The molecule has 1 heterocycles. The third-order valence-corrected chi connectivity index (χ3v) is 5.87. The third-order valence-electron chi connectivity index (χ3n) is 5.33. The quantitative estimate of drug-likeness (QED) is 0.551. The van der Waals surface area contributed by atoms with Gasteiger partial charge in [0.2, 0.25) is 5.91 Å². The SMILES string of the molecule is CCc1ccc2c(c1)C(NCC(S)C(Cc1cc(F)cc(F)c1)NC(C)=O)CCO2. The van der Waals surface area contributed by atoms with Crippen LogP contribution in [0.25, 0.3) is 0 Å². The van der Waals surface area contributed by atoms with Crippen molar-refractivity contribution < 1.29 is 18.3 Å². The molecule has 2 aromatic rings. The van der Waals surface area contributed by atoms with Crippen molar-refractivity contribution in [3.8, 4) is 5.75 Å². The van der Waals surface area contributed by atoms with Crippen LogP contribution in [0, 0.1) is 11.6 Å². The summed E-state index contributed by atoms with van der Waals surface area (Å²) in [5, 5.41) is 6.15. The van der Waals surface area contributed by atoms with E-state index in [0.717, 1.165) is 30.2 Å². The molecule has 3 unspecified atom stereocenters. The number of halogens is 2. The van der Waals surface area contributed by atoms with Crippen LogP contribution in [0.1, 0.15) is 43.0 Å². The molecule has 3 rings (SSSR count). The fourth-order valence-electron chi connectivity index (χ4n) is 3.81. The zero-order valence-electron chi connectivity index (χ0n) is 17.3. The van der Waals surface area contributed by atoms with E-state index in [1.54, 1.807) is 0 Å². The molecule has 0 aromatic heterocycles. The molecule has 0 fully saturated rings. The van der Waals surface area contributed by atoms with Gasteiger partial charge in [-0.2, -0.15) is 12.6 Å². The highest BCUT2D eigenvalue weighted by Gasteiger charge is 2.25. The molecule has 30 heavy (non-hydrogen) atoms. The lowest BCUT2D eigenvalue weighted by atomic mass is 9.96. The monoisotopic (exact) mass is 434 g/mol. The average Bonchev–Trinajstić information content (AvgIpc) is 2.70. The van der Waals surface area contributed by atoms with E-state index in [9.17, 15) is 13.6 Å². The first-order chi connectivity index (χ1) is 14.4. The summed E-state index contributed by atoms with van der Waals surface area (Å²) >= 11 is 4.69. The normalized spacial score (nSPS) is 17.6. The number of ether oxygens (including phenoxy) is 1. The maximum Gasteiger partial charge on any atom is 0.217 e. The minimum Gasteiger partial charge on any atom is -0.493 e. The number of aryl methyl sites for hydroxylation is 1. The van der Waals surface area contributed by atoms with Crippen LogP contribution in [0.2, 0.25) is 0 Å². The maximum atomic E-state index is 13.6. The molecule has 0 aliphatic carbocycles. The second kappa shape index (κ2) is 10.3. The molecule has 0 radical (unpaired) electrons. The van der Waals surface area contributed by atoms with Crippen molar-refractivity contribution in [2.45, 2.75) is 50.4 Å². The lowest BCUT2D eigenvalue weighted by Crippen LogP contribution is -2.46. The van der Waals surface area contributed by atoms with Crippen LogP contribution in [-0.4, -0.2) is 30.4 Å². The van der Waals surface area contributed by atoms with Crippen molar-refractivity contribution in [3.63, 3.8) is 0 Å². The highest BCUT2D eigenvalue weighted by Crippen LogP contribution is 2.33. The number of nitrogens with one attached hydrogen (secondary N) is 2. The smallest absolute Gasteiger partial charge is 0.217 e. The van der Waals surface area contributed by atoms with E-state index in [1.165, 1.54) is 24.6 Å². The van der Waals surface area contributed by atoms with Crippen molar-refractivity contribution >= 4 is 18.5 Å². The van der Waals surface area contributed by atoms with Crippen LogP contribution in [0.5, 0.6) is 5.75 Å². The van der Waals surface area contributed by atoms with E-state index in [2.05, 4.69) is 29.7 Å². The lowest BCUT2D eigenvalue weighted by Gasteiger charge is -2.30. The van der Waals surface area contributed by atoms with Crippen LogP contribution < -0.4 is 15.4 Å². The molecule has 1 amide bonds. The van der Waals surface area contributed by atoms with Crippen molar-refractivity contribution in [2.75, 3.05) is 13.2 Å². The number of carbonyl (C=O) groups is 1. The van der Waals surface area contributed by atoms with Gasteiger partial charge in [-0.25, -0.2) is 8.78 Å². The molecule has 4 nitrogen and oxygen atoms in total. The highest BCUT2D eigenvalue weighted by atomic mass is 32.1. The van der Waals surface area contributed by atoms with Crippen LogP contribution in [0.3, 0.4) is 0 Å². The van der Waals surface area contributed by atoms with Crippen LogP contribution in [0.15, 0.2) is 36.4 Å². The molecule has 7 heteroatoms. The molecule has 162 valence electrons. The summed E-state index contributed by atoms with van der Waals surface area (Å²) in [5.74, 6) is -0.586. The van der Waals surface area contributed by atoms with Gasteiger partial charge in [0, 0.05) is 48.9 Å². The van der Waals surface area contributed by atoms with Gasteiger partial charge < -0.3 is 15.4 Å². The Hall–Kier alpha value is -2.12. The molecule has 1 aliphatic heterocycles. The largest absolute Gasteiger partial charge is 0.493 e. The summed E-state index contributed by atoms with van der Waals surface area (Å²) < 4.78 is 32.9. The first-order valence-corrected chi connectivity index (χ1v) is 10.8. The van der Waals surface area contributed by atoms with Gasteiger partial charge in [0.05, 0.1) is 6.61 Å². The highest BCUT2D eigenvalue weighted by molar-refractivity contribution is 7.81. The number of benzene rings is 2. The minimum absolute atomic E-state index is 0.125. The predicted molar refractivity (Wildman–Crippen MR) is 117 cm³/mol. The molecular weight excluding hydrogens is 406 g/mol. The first kappa shape index (κ1) is 22.6. The van der Waals surface area contributed by atoms with Crippen molar-refractivity contribution in [3.05, 3.63) is 64.7 Å². The number of rotatable bonds is 8. The Bertz CT molecular complexity index is 873. The third kappa shape index (κ3) is 5.95. The Morgan fingerprint density at radius 2 is 1.93 bits per heavy atom. The summed E-state index contributed by atoms with van der Waals surface area (Å²) in [5.41, 5.74) is 2.86. The Morgan fingerprint density at radius 1 is 1.20 bits per heavy atom. The number of hydrogen-bond donors (Lipinski definition) is 3. The number of carbonyl (C=O) groups excluding carboxylic acids is 1. The minimum atomic E-state index is -0.633. The second-order valence-electron chi connectivity index (χ2n) is 7.68. The maximum absolute atomic E-state index is 13.6. The van der Waals surface area contributed by atoms with Gasteiger partial charge in [-0.05, 0) is 42.2 Å². The Kier molecular flexibility index (Phi) is 7.72. The molecular formula is C23H28F2N2O2S. The summed E-state index contributed by atoms with van der Waals surface area (Å²) in [7, 11) is 0. The molecule has 2 aromatic carbocycles. The zero-order chi connectivity index (χ0) is 21.7. The summed E-state index contributed by atoms with van der Waals surface area (Å²) in [6.07, 6.45) is 2.07. The number of amides is 1. The summed E-state index contributed by atoms with van der Waals surface area (Å²) in [6, 6.07) is 9.41. The van der Waals surface area contributed by atoms with Gasteiger partial charge in [0.25, 0.3) is 0 Å². The molecule has 0 saturated carbocycles. The van der Waals surface area contributed by atoms with E-state index in [4.69, 9.17) is 17.4 Å². The molecule has 3 atom stereocenters. The molecule has 2 N–H and O–H groups in total. The molecule has 1 aliphatic rings. The molecule has 0 saturated heterocycles. The van der Waals surface area contributed by atoms with Gasteiger partial charge in [-0.1, -0.05) is 19.1 Å². The number of thiol groups is 1. The van der Waals surface area contributed by atoms with Crippen molar-refractivity contribution in [2.24, 2.45) is 0 Å². The van der Waals surface area contributed by atoms with Crippen molar-refractivity contribution in [1.82, 2.24) is 10.6 Å². The lowest BCUT2D eigenvalue weighted by molar-refractivity contribution is -0.119. The van der Waals surface area contributed by atoms with E-state index in [1.807, 2.05) is 6.07 Å². The van der Waals surface area contributed by atoms with Crippen LogP contribution >= 0.6 is 12.6 Å². The van der Waals surface area contributed by atoms with E-state index < -0.39 is 11.6 Å². The summed E-state index contributed by atoms with van der Waals surface area (Å²) in [6.45, 7) is 4.69. The van der Waals surface area contributed by atoms with Gasteiger partial charge in [0.15, 0.2) is 0 Å². The standard InChI is InChI=1S/C23H28F2N2O2S/c1-3-15-4-5-22-19(10-15)20(6-7-29-22)26-13-23(30)21(27-14(2)28)11-16-8-17(24)12-18(25)9-16/h4-5,8-10,12,20-21,23,26,30H,3,6-7,11,13H2,1-2H3,(H,27,28). The van der Waals surface area contributed by atoms with Gasteiger partial charge in [-0.15, -0.1) is 0 Å². The van der Waals surface area contributed by atoms with Crippen LogP contribution in [0.4, 0.5) is 8.78 Å². The number of fused-ring (bicyclic) bond motifs is 1. The zero-order valence-corrected chi connectivity index (χ0v) is 18.1. The topological polar surface area (TPSA) is 50.4 Å². The Labute approximate surface area is 181 Å². The fourth-order valence-corrected chi connectivity index (χ4v) is 4.09. The van der Waals surface area contributed by atoms with Crippen molar-refractivity contribution in [1.29, 1.82) is 0 Å².